The molecule has 0 saturated heterocycles. The third-order valence-corrected chi connectivity index (χ3v) is 17.6. The van der Waals surface area contributed by atoms with Gasteiger partial charge in [0.05, 0.1) is 16.7 Å². The average molecular weight is 1340 g/mol. The Hall–Kier alpha value is -9.87. The van der Waals surface area contributed by atoms with E-state index in [9.17, 15) is 0 Å². The first-order valence-corrected chi connectivity index (χ1v) is 29.8. The van der Waals surface area contributed by atoms with Gasteiger partial charge in [0.15, 0.2) is 0 Å². The predicted molar refractivity (Wildman–Crippen MR) is 360 cm³/mol. The quantitative estimate of drug-likeness (QED) is 0.118. The summed E-state index contributed by atoms with van der Waals surface area (Å²) in [5, 5.41) is 4.12. The Balaban J connectivity index is 0.00000743. The fourth-order valence-corrected chi connectivity index (χ4v) is 13.1. The van der Waals surface area contributed by atoms with Crippen LogP contribution in [0.1, 0.15) is 72.0 Å². The predicted octanol–water partition coefficient (Wildman–Crippen LogP) is 21.0. The molecule has 0 unspecified atom stereocenters. The summed E-state index contributed by atoms with van der Waals surface area (Å²) in [6.07, 6.45) is 5.85. The molecule has 16 rings (SSSR count). The summed E-state index contributed by atoms with van der Waals surface area (Å²) in [7, 11) is 0. The summed E-state index contributed by atoms with van der Waals surface area (Å²) in [5.41, 5.74) is 18.2. The maximum absolute atomic E-state index is 8.79. The standard InChI is InChI=1S/C82H62N4O2.Pt/c1-50-18-15-19-51(2)78(50)54-32-37-64-62-22-9-10-23-63(62)71-44-55(53-33-39-76-70(42-53)67-25-12-14-29-75(67)88-76)45-74-80(71)85(79-61(26-17-27-68(79)69(64)43-54)52-30-34-56(35-31-52)81(3,4)5)49-84(74)58-20-16-21-59(47-58)87-60-36-38-66-65-24-11-13-28-72(65)86(73(66)48-60)77-46-57(40-41-83-77)82(6,7)8;/h9-46H,1-8H3;/q-2;/i1D3,2D3;. The minimum Gasteiger partial charge on any atom is -0.510 e. The summed E-state index contributed by atoms with van der Waals surface area (Å²) >= 11 is 0. The van der Waals surface area contributed by atoms with Crippen LogP contribution in [-0.2, 0) is 31.9 Å². The molecule has 6 nitrogen and oxygen atoms in total. The maximum Gasteiger partial charge on any atom is 0.268 e. The minimum atomic E-state index is -2.63. The van der Waals surface area contributed by atoms with Gasteiger partial charge in [-0.15, -0.1) is 29.7 Å². The molecule has 0 N–H and O–H groups in total. The average Bonchev–Trinajstić information content (AvgIpc) is 1.58. The second kappa shape index (κ2) is 21.2. The molecule has 1 aliphatic heterocycles. The second-order valence-corrected chi connectivity index (χ2v) is 25.1. The topological polar surface area (TPSA) is 49.0 Å². The molecule has 11 aromatic carbocycles. The fraction of sp³-hybridized carbons (Fsp3) is 0.122. The molecule has 15 aromatic rings. The van der Waals surface area contributed by atoms with Gasteiger partial charge in [-0.1, -0.05) is 193 Å². The Morgan fingerprint density at radius 1 is 0.472 bits per heavy atom. The smallest absolute Gasteiger partial charge is 0.268 e. The molecular weight excluding hydrogens is 1270 g/mol. The van der Waals surface area contributed by atoms with Crippen molar-refractivity contribution < 1.29 is 43.0 Å². The number of benzene rings is 11. The van der Waals surface area contributed by atoms with Crippen LogP contribution in [0.2, 0.25) is 0 Å². The van der Waals surface area contributed by atoms with Crippen molar-refractivity contribution in [2.24, 2.45) is 0 Å². The van der Waals surface area contributed by atoms with Crippen LogP contribution < -0.4 is 9.30 Å². The molecule has 0 atom stereocenters. The van der Waals surface area contributed by atoms with Gasteiger partial charge in [-0.25, -0.2) is 4.98 Å². The number of furan rings is 1. The molecule has 1 aliphatic rings. The Morgan fingerprint density at radius 2 is 1.12 bits per heavy atom. The number of aromatic nitrogens is 4. The van der Waals surface area contributed by atoms with E-state index in [1.165, 1.54) is 29.3 Å². The second-order valence-electron chi connectivity index (χ2n) is 25.1. The van der Waals surface area contributed by atoms with Crippen LogP contribution in [0.25, 0.3) is 139 Å². The van der Waals surface area contributed by atoms with Gasteiger partial charge in [-0.2, -0.15) is 18.2 Å². The van der Waals surface area contributed by atoms with E-state index in [-0.39, 0.29) is 48.6 Å². The van der Waals surface area contributed by atoms with Crippen molar-refractivity contribution in [1.82, 2.24) is 14.1 Å². The molecule has 4 aromatic heterocycles. The van der Waals surface area contributed by atoms with E-state index < -0.39 is 13.7 Å². The molecule has 0 bridgehead atoms. The summed E-state index contributed by atoms with van der Waals surface area (Å²) in [4.78, 5) is 4.92. The van der Waals surface area contributed by atoms with Crippen molar-refractivity contribution in [3.05, 3.63) is 271 Å². The van der Waals surface area contributed by atoms with Crippen LogP contribution in [0.4, 0.5) is 0 Å². The zero-order valence-electron chi connectivity index (χ0n) is 55.9. The molecule has 0 spiro atoms. The number of ether oxygens (including phenoxy) is 1. The largest absolute Gasteiger partial charge is 0.510 e. The summed E-state index contributed by atoms with van der Waals surface area (Å²) in [6.45, 7) is 7.99. The van der Waals surface area contributed by atoms with E-state index in [1.54, 1.807) is 0 Å². The normalized spacial score (nSPS) is 13.5. The molecule has 0 amide bonds. The van der Waals surface area contributed by atoms with E-state index in [2.05, 4.69) is 201 Å². The van der Waals surface area contributed by atoms with Gasteiger partial charge in [0.1, 0.15) is 17.0 Å². The number of rotatable bonds is 7. The number of hydrogen-bond acceptors (Lipinski definition) is 3. The van der Waals surface area contributed by atoms with Gasteiger partial charge >= 0.3 is 0 Å². The molecule has 0 fully saturated rings. The number of imidazole rings is 1. The molecule has 0 saturated carbocycles. The van der Waals surface area contributed by atoms with Crippen molar-refractivity contribution in [1.29, 1.82) is 0 Å². The fourth-order valence-electron chi connectivity index (χ4n) is 13.1. The monoisotopic (exact) mass is 1340 g/mol. The van der Waals surface area contributed by atoms with Gasteiger partial charge in [0.2, 0.25) is 0 Å². The molecular formula is C82H62N4O2Pt-2. The summed E-state index contributed by atoms with van der Waals surface area (Å²) in [6, 6.07) is 82.8. The number of aryl methyl sites for hydroxylation is 2. The first-order valence-electron chi connectivity index (χ1n) is 32.8. The zero-order chi connectivity index (χ0) is 64.7. The summed E-state index contributed by atoms with van der Waals surface area (Å²) in [5.74, 6) is 1.75. The van der Waals surface area contributed by atoms with Gasteiger partial charge in [0, 0.05) is 63.3 Å². The van der Waals surface area contributed by atoms with E-state index in [1.807, 2.05) is 85.1 Å². The van der Waals surface area contributed by atoms with Crippen LogP contribution in [-0.4, -0.2) is 14.1 Å². The Bertz CT molecular complexity index is 5570. The van der Waals surface area contributed by atoms with Crippen molar-refractivity contribution in [3.63, 3.8) is 0 Å². The van der Waals surface area contributed by atoms with E-state index in [0.717, 1.165) is 122 Å². The maximum atomic E-state index is 8.79. The Labute approximate surface area is 541 Å². The van der Waals surface area contributed by atoms with Gasteiger partial charge < -0.3 is 18.3 Å². The molecule has 5 heterocycles. The molecule has 0 radical (unpaired) electrons. The van der Waals surface area contributed by atoms with Gasteiger partial charge in [-0.05, 0) is 173 Å². The number of para-hydroxylation sites is 3. The van der Waals surface area contributed by atoms with Crippen molar-refractivity contribution in [2.45, 2.75) is 66.1 Å². The first kappa shape index (κ1) is 49.2. The minimum absolute atomic E-state index is 0. The first-order chi connectivity index (χ1) is 45.1. The van der Waals surface area contributed by atoms with Crippen molar-refractivity contribution in [2.75, 3.05) is 0 Å². The molecule has 0 aliphatic carbocycles. The third-order valence-electron chi connectivity index (χ3n) is 17.6. The van der Waals surface area contributed by atoms with E-state index in [4.69, 9.17) is 22.4 Å². The van der Waals surface area contributed by atoms with Crippen LogP contribution >= 0.6 is 0 Å². The van der Waals surface area contributed by atoms with Gasteiger partial charge in [0.25, 0.3) is 6.33 Å². The Morgan fingerprint density at radius 3 is 1.92 bits per heavy atom. The molecule has 7 heteroatoms. The Kier molecular flexibility index (Phi) is 11.7. The number of hydrogen-bond donors (Lipinski definition) is 0. The SMILES string of the molecule is [2H]C([2H])([2H])c1cccc(C([2H])([2H])[2H])c1-c1ccc2c(c1)-c1cccc(-c3ccc(C(C)(C)C)cc3)c1-[n+]1[c-]n(-c3[c-]c(Oc4[c-]c5c(cc4)c4ccccc4n5-c4cc(C(C)(C)C)ccn4)ccc3)c3cc(-c4ccc5oc6ccccc6c5c4)cc(c31)-c1ccccc1-2.[Pt]. The van der Waals surface area contributed by atoms with Gasteiger partial charge in [-0.3, -0.25) is 4.57 Å². The number of fused-ring (bicyclic) bond motifs is 13. The van der Waals surface area contributed by atoms with E-state index in [0.29, 0.717) is 22.7 Å². The van der Waals surface area contributed by atoms with E-state index >= 15 is 0 Å². The summed E-state index contributed by atoms with van der Waals surface area (Å²) < 4.78 is 72.5. The van der Waals surface area contributed by atoms with Crippen molar-refractivity contribution >= 4 is 54.8 Å². The molecule has 89 heavy (non-hydrogen) atoms. The van der Waals surface area contributed by atoms with Crippen LogP contribution in [0, 0.1) is 32.2 Å². The number of pyridine rings is 1. The zero-order valence-corrected chi connectivity index (χ0v) is 52.1. The van der Waals surface area contributed by atoms with Crippen LogP contribution in [0.15, 0.2) is 235 Å². The van der Waals surface area contributed by atoms with Crippen LogP contribution in [0.3, 0.4) is 0 Å². The third kappa shape index (κ3) is 9.34. The van der Waals surface area contributed by atoms with Crippen molar-refractivity contribution in [3.8, 4) is 95.5 Å². The molecule has 434 valence electrons. The van der Waals surface area contributed by atoms with Crippen LogP contribution in [0.5, 0.6) is 11.5 Å². The number of nitrogens with zero attached hydrogens (tertiary/aromatic N) is 4.